The van der Waals surface area contributed by atoms with Gasteiger partial charge >= 0.3 is 0 Å². The van der Waals surface area contributed by atoms with Crippen molar-refractivity contribution in [2.75, 3.05) is 19.8 Å². The summed E-state index contributed by atoms with van der Waals surface area (Å²) in [5, 5.41) is 12.7. The van der Waals surface area contributed by atoms with E-state index in [4.69, 9.17) is 9.47 Å². The number of hydrogen-bond acceptors (Lipinski definition) is 5. The first-order chi connectivity index (χ1) is 10.3. The summed E-state index contributed by atoms with van der Waals surface area (Å²) >= 11 is 0. The molecule has 1 fully saturated rings. The minimum Gasteiger partial charge on any atom is -0.494 e. The molecule has 0 amide bonds. The van der Waals surface area contributed by atoms with Crippen LogP contribution in [0.5, 0.6) is 5.75 Å². The molecule has 2 aromatic rings. The van der Waals surface area contributed by atoms with Crippen LogP contribution in [0.15, 0.2) is 24.3 Å². The Bertz CT molecular complexity index is 561. The summed E-state index contributed by atoms with van der Waals surface area (Å²) in [7, 11) is 0. The van der Waals surface area contributed by atoms with Gasteiger partial charge in [0.25, 0.3) is 0 Å². The van der Waals surface area contributed by atoms with Gasteiger partial charge in [0, 0.05) is 18.8 Å². The lowest BCUT2D eigenvalue weighted by Gasteiger charge is -2.20. The van der Waals surface area contributed by atoms with Gasteiger partial charge < -0.3 is 9.47 Å². The van der Waals surface area contributed by atoms with Crippen LogP contribution in [0.3, 0.4) is 0 Å². The smallest absolute Gasteiger partial charge is 0.204 e. The van der Waals surface area contributed by atoms with Gasteiger partial charge in [0.1, 0.15) is 5.75 Å². The second-order valence-electron chi connectivity index (χ2n) is 5.18. The highest BCUT2D eigenvalue weighted by Crippen LogP contribution is 2.20. The summed E-state index contributed by atoms with van der Waals surface area (Å²) in [6.45, 7) is 5.12. The van der Waals surface area contributed by atoms with E-state index in [0.717, 1.165) is 43.9 Å². The van der Waals surface area contributed by atoms with E-state index >= 15 is 0 Å². The first-order valence-electron chi connectivity index (χ1n) is 7.44. The second-order valence-corrected chi connectivity index (χ2v) is 5.18. The van der Waals surface area contributed by atoms with Gasteiger partial charge in [-0.05, 0) is 55.2 Å². The molecule has 112 valence electrons. The van der Waals surface area contributed by atoms with Crippen molar-refractivity contribution in [3.05, 3.63) is 24.3 Å². The minimum absolute atomic E-state index is 0.584. The Morgan fingerprint density at radius 3 is 2.71 bits per heavy atom. The molecule has 0 bridgehead atoms. The van der Waals surface area contributed by atoms with E-state index in [2.05, 4.69) is 15.4 Å². The van der Waals surface area contributed by atoms with E-state index in [0.29, 0.717) is 18.3 Å². The molecule has 21 heavy (non-hydrogen) atoms. The molecule has 3 rings (SSSR count). The van der Waals surface area contributed by atoms with Crippen molar-refractivity contribution >= 4 is 0 Å². The SMILES string of the molecule is CCOc1ccc(-c2nnn(CC3CCOCC3)n2)cc1. The zero-order valence-corrected chi connectivity index (χ0v) is 12.2. The van der Waals surface area contributed by atoms with Crippen LogP contribution in [0.2, 0.25) is 0 Å². The molecular weight excluding hydrogens is 268 g/mol. The summed E-state index contributed by atoms with van der Waals surface area (Å²) in [5.74, 6) is 2.10. The highest BCUT2D eigenvalue weighted by Gasteiger charge is 2.16. The molecule has 1 aromatic carbocycles. The van der Waals surface area contributed by atoms with Crippen molar-refractivity contribution in [3.63, 3.8) is 0 Å². The van der Waals surface area contributed by atoms with Crippen molar-refractivity contribution in [2.45, 2.75) is 26.3 Å². The highest BCUT2D eigenvalue weighted by atomic mass is 16.5. The first-order valence-corrected chi connectivity index (χ1v) is 7.44. The zero-order valence-electron chi connectivity index (χ0n) is 12.2. The number of rotatable bonds is 5. The maximum absolute atomic E-state index is 5.43. The van der Waals surface area contributed by atoms with Crippen molar-refractivity contribution in [1.82, 2.24) is 20.2 Å². The molecule has 0 aliphatic carbocycles. The first kappa shape index (κ1) is 14.0. The zero-order chi connectivity index (χ0) is 14.5. The summed E-state index contributed by atoms with van der Waals surface area (Å²) in [4.78, 5) is 1.70. The second kappa shape index (κ2) is 6.67. The maximum atomic E-state index is 5.43. The average molecular weight is 288 g/mol. The fourth-order valence-corrected chi connectivity index (χ4v) is 2.46. The van der Waals surface area contributed by atoms with Crippen LogP contribution in [-0.4, -0.2) is 40.0 Å². The molecule has 0 N–H and O–H groups in total. The fraction of sp³-hybridized carbons (Fsp3) is 0.533. The normalized spacial score (nSPS) is 16.0. The Labute approximate surface area is 124 Å². The molecule has 1 aliphatic heterocycles. The Kier molecular flexibility index (Phi) is 4.45. The van der Waals surface area contributed by atoms with E-state index in [1.807, 2.05) is 31.2 Å². The molecule has 0 radical (unpaired) electrons. The lowest BCUT2D eigenvalue weighted by atomic mass is 10.0. The van der Waals surface area contributed by atoms with E-state index in [9.17, 15) is 0 Å². The third kappa shape index (κ3) is 3.58. The lowest BCUT2D eigenvalue weighted by Crippen LogP contribution is -2.21. The predicted octanol–water partition coefficient (Wildman–Crippen LogP) is 2.17. The Hall–Kier alpha value is -1.95. The van der Waals surface area contributed by atoms with Gasteiger partial charge in [-0.1, -0.05) is 0 Å². The molecule has 6 nitrogen and oxygen atoms in total. The van der Waals surface area contributed by atoms with Gasteiger partial charge in [-0.15, -0.1) is 10.2 Å². The van der Waals surface area contributed by atoms with Crippen LogP contribution in [-0.2, 0) is 11.3 Å². The van der Waals surface area contributed by atoms with Crippen molar-refractivity contribution in [3.8, 4) is 17.1 Å². The molecule has 1 aliphatic rings. The van der Waals surface area contributed by atoms with Crippen molar-refractivity contribution in [1.29, 1.82) is 0 Å². The molecule has 0 saturated carbocycles. The number of nitrogens with zero attached hydrogens (tertiary/aromatic N) is 4. The monoisotopic (exact) mass is 288 g/mol. The topological polar surface area (TPSA) is 62.1 Å². The van der Waals surface area contributed by atoms with E-state index < -0.39 is 0 Å². The molecule has 6 heteroatoms. The minimum atomic E-state index is 0.584. The van der Waals surface area contributed by atoms with E-state index in [1.54, 1.807) is 4.80 Å². The van der Waals surface area contributed by atoms with Crippen molar-refractivity contribution in [2.24, 2.45) is 5.92 Å². The van der Waals surface area contributed by atoms with Gasteiger partial charge in [-0.25, -0.2) is 0 Å². The number of ether oxygens (including phenoxy) is 2. The molecule has 1 aromatic heterocycles. The number of aromatic nitrogens is 4. The maximum Gasteiger partial charge on any atom is 0.204 e. The van der Waals surface area contributed by atoms with Crippen LogP contribution in [0.25, 0.3) is 11.4 Å². The molecule has 1 saturated heterocycles. The number of tetrazole rings is 1. The fourth-order valence-electron chi connectivity index (χ4n) is 2.46. The van der Waals surface area contributed by atoms with Crippen LogP contribution >= 0.6 is 0 Å². The lowest BCUT2D eigenvalue weighted by molar-refractivity contribution is 0.0586. The molecule has 0 unspecified atom stereocenters. The van der Waals surface area contributed by atoms with Crippen LogP contribution in [0.1, 0.15) is 19.8 Å². The Morgan fingerprint density at radius 1 is 1.24 bits per heavy atom. The standard InChI is InChI=1S/C15H20N4O2/c1-2-21-14-5-3-13(4-6-14)15-16-18-19(17-15)11-12-7-9-20-10-8-12/h3-6,12H,2,7-11H2,1H3. The Morgan fingerprint density at radius 2 is 2.00 bits per heavy atom. The van der Waals surface area contributed by atoms with Crippen LogP contribution in [0, 0.1) is 5.92 Å². The molecular formula is C15H20N4O2. The molecule has 2 heterocycles. The largest absolute Gasteiger partial charge is 0.494 e. The molecule has 0 spiro atoms. The van der Waals surface area contributed by atoms with Crippen LogP contribution in [0.4, 0.5) is 0 Å². The van der Waals surface area contributed by atoms with E-state index in [-0.39, 0.29) is 0 Å². The van der Waals surface area contributed by atoms with Gasteiger partial charge in [0.15, 0.2) is 0 Å². The third-order valence-electron chi connectivity index (χ3n) is 3.64. The summed E-state index contributed by atoms with van der Waals surface area (Å²) in [6.07, 6.45) is 2.14. The summed E-state index contributed by atoms with van der Waals surface area (Å²) in [6, 6.07) is 7.78. The van der Waals surface area contributed by atoms with Crippen LogP contribution < -0.4 is 4.74 Å². The average Bonchev–Trinajstić information content (AvgIpc) is 2.98. The highest BCUT2D eigenvalue weighted by molar-refractivity contribution is 5.55. The summed E-state index contributed by atoms with van der Waals surface area (Å²) in [5.41, 5.74) is 0.955. The third-order valence-corrected chi connectivity index (χ3v) is 3.64. The van der Waals surface area contributed by atoms with Gasteiger partial charge in [0.05, 0.1) is 13.2 Å². The van der Waals surface area contributed by atoms with Gasteiger partial charge in [-0.2, -0.15) is 4.80 Å². The predicted molar refractivity (Wildman–Crippen MR) is 78.0 cm³/mol. The number of benzene rings is 1. The quantitative estimate of drug-likeness (QED) is 0.843. The van der Waals surface area contributed by atoms with Gasteiger partial charge in [-0.3, -0.25) is 0 Å². The summed E-state index contributed by atoms with van der Waals surface area (Å²) < 4.78 is 10.8. The molecule has 0 atom stereocenters. The number of hydrogen-bond donors (Lipinski definition) is 0. The van der Waals surface area contributed by atoms with Gasteiger partial charge in [0.2, 0.25) is 5.82 Å². The Balaban J connectivity index is 1.66. The van der Waals surface area contributed by atoms with Crippen molar-refractivity contribution < 1.29 is 9.47 Å². The van der Waals surface area contributed by atoms with E-state index in [1.165, 1.54) is 0 Å².